The summed E-state index contributed by atoms with van der Waals surface area (Å²) in [6.07, 6.45) is 5.31. The molecule has 2 fully saturated rings. The highest BCUT2D eigenvalue weighted by molar-refractivity contribution is 5.30. The second-order valence-corrected chi connectivity index (χ2v) is 5.89. The van der Waals surface area contributed by atoms with Crippen LogP contribution in [0.3, 0.4) is 0 Å². The Kier molecular flexibility index (Phi) is 4.58. The smallest absolute Gasteiger partial charge is 0.119 e. The van der Waals surface area contributed by atoms with Crippen LogP contribution >= 0.6 is 0 Å². The van der Waals surface area contributed by atoms with Crippen molar-refractivity contribution in [2.24, 2.45) is 0 Å². The van der Waals surface area contributed by atoms with Gasteiger partial charge in [0.15, 0.2) is 0 Å². The summed E-state index contributed by atoms with van der Waals surface area (Å²) in [6.45, 7) is 6.43. The fourth-order valence-corrected chi connectivity index (χ4v) is 3.63. The summed E-state index contributed by atoms with van der Waals surface area (Å²) >= 11 is 0. The van der Waals surface area contributed by atoms with E-state index in [0.717, 1.165) is 12.4 Å². The summed E-state index contributed by atoms with van der Waals surface area (Å²) in [7, 11) is 0. The lowest BCUT2D eigenvalue weighted by Gasteiger charge is -2.33. The van der Waals surface area contributed by atoms with Crippen molar-refractivity contribution in [3.63, 3.8) is 0 Å². The molecule has 1 aromatic rings. The molecule has 3 rings (SSSR count). The van der Waals surface area contributed by atoms with Crippen LogP contribution in [0, 0.1) is 0 Å². The minimum atomic E-state index is 0.538. The highest BCUT2D eigenvalue weighted by Crippen LogP contribution is 2.32. The summed E-state index contributed by atoms with van der Waals surface area (Å²) in [5.74, 6) is 0.982. The molecule has 110 valence electrons. The second-order valence-electron chi connectivity index (χ2n) is 5.89. The highest BCUT2D eigenvalue weighted by Gasteiger charge is 2.32. The van der Waals surface area contributed by atoms with E-state index in [0.29, 0.717) is 12.1 Å². The van der Waals surface area contributed by atoms with E-state index in [1.165, 1.54) is 50.9 Å². The van der Waals surface area contributed by atoms with Gasteiger partial charge in [0.1, 0.15) is 5.75 Å². The Balaban J connectivity index is 1.79. The molecule has 2 aliphatic heterocycles. The number of benzene rings is 1. The van der Waals surface area contributed by atoms with E-state index in [1.807, 2.05) is 6.92 Å². The zero-order valence-corrected chi connectivity index (χ0v) is 12.5. The minimum absolute atomic E-state index is 0.538. The van der Waals surface area contributed by atoms with Gasteiger partial charge in [0.25, 0.3) is 0 Å². The number of nitrogens with zero attached hydrogens (tertiary/aromatic N) is 1. The molecule has 2 saturated heterocycles. The zero-order chi connectivity index (χ0) is 13.8. The maximum Gasteiger partial charge on any atom is 0.119 e. The van der Waals surface area contributed by atoms with E-state index >= 15 is 0 Å². The van der Waals surface area contributed by atoms with Crippen LogP contribution in [0.4, 0.5) is 0 Å². The van der Waals surface area contributed by atoms with E-state index in [-0.39, 0.29) is 0 Å². The van der Waals surface area contributed by atoms with Crippen LogP contribution in [-0.4, -0.2) is 37.2 Å². The Hall–Kier alpha value is -1.06. The molecule has 0 amide bonds. The van der Waals surface area contributed by atoms with Crippen LogP contribution in [-0.2, 0) is 0 Å². The monoisotopic (exact) mass is 274 g/mol. The van der Waals surface area contributed by atoms with Gasteiger partial charge < -0.3 is 10.1 Å². The first kappa shape index (κ1) is 13.9. The second kappa shape index (κ2) is 6.59. The van der Waals surface area contributed by atoms with Gasteiger partial charge in [-0.05, 0) is 69.9 Å². The Bertz CT molecular complexity index is 390. The normalized spacial score (nSPS) is 24.9. The molecule has 2 atom stereocenters. The van der Waals surface area contributed by atoms with Crippen LogP contribution < -0.4 is 10.1 Å². The topological polar surface area (TPSA) is 24.5 Å². The van der Waals surface area contributed by atoms with E-state index in [4.69, 9.17) is 4.74 Å². The van der Waals surface area contributed by atoms with Gasteiger partial charge in [-0.1, -0.05) is 12.1 Å². The Morgan fingerprint density at radius 2 is 1.95 bits per heavy atom. The van der Waals surface area contributed by atoms with Gasteiger partial charge in [-0.2, -0.15) is 0 Å². The van der Waals surface area contributed by atoms with Crippen molar-refractivity contribution in [2.75, 3.05) is 26.2 Å². The predicted octanol–water partition coefficient (Wildman–Crippen LogP) is 2.97. The van der Waals surface area contributed by atoms with Crippen LogP contribution in [0.25, 0.3) is 0 Å². The largest absolute Gasteiger partial charge is 0.494 e. The molecule has 1 N–H and O–H groups in total. The van der Waals surface area contributed by atoms with Crippen molar-refractivity contribution in [1.82, 2.24) is 10.2 Å². The van der Waals surface area contributed by atoms with Crippen molar-refractivity contribution in [3.05, 3.63) is 29.8 Å². The lowest BCUT2D eigenvalue weighted by molar-refractivity contribution is 0.202. The zero-order valence-electron chi connectivity index (χ0n) is 12.5. The van der Waals surface area contributed by atoms with Gasteiger partial charge in [0.05, 0.1) is 12.6 Å². The Labute approximate surface area is 122 Å². The van der Waals surface area contributed by atoms with Gasteiger partial charge in [-0.3, -0.25) is 4.90 Å². The number of hydrogen-bond donors (Lipinski definition) is 1. The summed E-state index contributed by atoms with van der Waals surface area (Å²) in [5, 5.41) is 3.70. The first-order valence-corrected chi connectivity index (χ1v) is 8.08. The lowest BCUT2D eigenvalue weighted by atomic mass is 9.96. The lowest BCUT2D eigenvalue weighted by Crippen LogP contribution is -2.39. The number of ether oxygens (including phenoxy) is 1. The molecular formula is C17H26N2O. The third-order valence-electron chi connectivity index (χ3n) is 4.55. The van der Waals surface area contributed by atoms with E-state index in [2.05, 4.69) is 34.5 Å². The van der Waals surface area contributed by atoms with E-state index in [1.54, 1.807) is 0 Å². The molecule has 2 heterocycles. The molecule has 20 heavy (non-hydrogen) atoms. The Morgan fingerprint density at radius 1 is 1.20 bits per heavy atom. The molecule has 0 aromatic heterocycles. The summed E-state index contributed by atoms with van der Waals surface area (Å²) in [5.41, 5.74) is 1.44. The van der Waals surface area contributed by atoms with Crippen LogP contribution in [0.15, 0.2) is 24.3 Å². The third kappa shape index (κ3) is 2.99. The van der Waals surface area contributed by atoms with Crippen molar-refractivity contribution in [2.45, 2.75) is 44.7 Å². The SMILES string of the molecule is CCOc1ccc(C(C2CCCN2)N2CCCC2)cc1. The maximum atomic E-state index is 5.56. The Morgan fingerprint density at radius 3 is 2.55 bits per heavy atom. The van der Waals surface area contributed by atoms with E-state index < -0.39 is 0 Å². The van der Waals surface area contributed by atoms with Crippen LogP contribution in [0.2, 0.25) is 0 Å². The van der Waals surface area contributed by atoms with Crippen molar-refractivity contribution in [3.8, 4) is 5.75 Å². The molecule has 3 heteroatoms. The predicted molar refractivity (Wildman–Crippen MR) is 82.2 cm³/mol. The summed E-state index contributed by atoms with van der Waals surface area (Å²) in [6, 6.07) is 9.91. The van der Waals surface area contributed by atoms with Gasteiger partial charge in [0, 0.05) is 6.04 Å². The fourth-order valence-electron chi connectivity index (χ4n) is 3.63. The summed E-state index contributed by atoms with van der Waals surface area (Å²) in [4.78, 5) is 2.67. The van der Waals surface area contributed by atoms with Gasteiger partial charge >= 0.3 is 0 Å². The minimum Gasteiger partial charge on any atom is -0.494 e. The van der Waals surface area contributed by atoms with E-state index in [9.17, 15) is 0 Å². The van der Waals surface area contributed by atoms with Gasteiger partial charge in [0.2, 0.25) is 0 Å². The molecule has 0 bridgehead atoms. The fraction of sp³-hybridized carbons (Fsp3) is 0.647. The third-order valence-corrected chi connectivity index (χ3v) is 4.55. The van der Waals surface area contributed by atoms with Crippen molar-refractivity contribution in [1.29, 1.82) is 0 Å². The van der Waals surface area contributed by atoms with Crippen LogP contribution in [0.5, 0.6) is 5.75 Å². The summed E-state index contributed by atoms with van der Waals surface area (Å²) < 4.78 is 5.56. The average molecular weight is 274 g/mol. The van der Waals surface area contributed by atoms with Gasteiger partial charge in [-0.15, -0.1) is 0 Å². The number of hydrogen-bond acceptors (Lipinski definition) is 3. The molecular weight excluding hydrogens is 248 g/mol. The highest BCUT2D eigenvalue weighted by atomic mass is 16.5. The molecule has 2 aliphatic rings. The quantitative estimate of drug-likeness (QED) is 0.893. The maximum absolute atomic E-state index is 5.56. The van der Waals surface area contributed by atoms with Crippen LogP contribution in [0.1, 0.15) is 44.2 Å². The first-order valence-electron chi connectivity index (χ1n) is 8.08. The van der Waals surface area contributed by atoms with Gasteiger partial charge in [-0.25, -0.2) is 0 Å². The molecule has 2 unspecified atom stereocenters. The molecule has 0 aliphatic carbocycles. The first-order chi connectivity index (χ1) is 9.88. The molecule has 0 saturated carbocycles. The van der Waals surface area contributed by atoms with Crippen molar-refractivity contribution < 1.29 is 4.74 Å². The standard InChI is InChI=1S/C17H26N2O/c1-2-20-15-9-7-14(8-10-15)17(16-6-5-11-18-16)19-12-3-4-13-19/h7-10,16-18H,2-6,11-13H2,1H3. The molecule has 0 radical (unpaired) electrons. The number of rotatable bonds is 5. The van der Waals surface area contributed by atoms with Crippen molar-refractivity contribution >= 4 is 0 Å². The molecule has 3 nitrogen and oxygen atoms in total. The number of likely N-dealkylation sites (tertiary alicyclic amines) is 1. The molecule has 1 aromatic carbocycles. The molecule has 0 spiro atoms. The average Bonchev–Trinajstić information content (AvgIpc) is 3.15. The number of nitrogens with one attached hydrogen (secondary N) is 1.